The molecule has 2 aliphatic rings. The SMILES string of the molecule is CCN(Cc1ccc2c(c1)OCO2)C(=O)[C@@H]1CCCNC1. The van der Waals surface area contributed by atoms with Gasteiger partial charge in [0, 0.05) is 19.6 Å². The van der Waals surface area contributed by atoms with E-state index in [0.717, 1.165) is 49.5 Å². The van der Waals surface area contributed by atoms with E-state index in [4.69, 9.17) is 9.47 Å². The van der Waals surface area contributed by atoms with Crippen LogP contribution in [-0.4, -0.2) is 37.2 Å². The van der Waals surface area contributed by atoms with Gasteiger partial charge in [-0.2, -0.15) is 0 Å². The first-order valence-corrected chi connectivity index (χ1v) is 7.66. The van der Waals surface area contributed by atoms with Crippen molar-refractivity contribution in [2.75, 3.05) is 26.4 Å². The van der Waals surface area contributed by atoms with Crippen molar-refractivity contribution >= 4 is 5.91 Å². The lowest BCUT2D eigenvalue weighted by molar-refractivity contribution is -0.136. The first-order chi connectivity index (χ1) is 10.3. The van der Waals surface area contributed by atoms with Gasteiger partial charge >= 0.3 is 0 Å². The van der Waals surface area contributed by atoms with E-state index in [1.54, 1.807) is 0 Å². The largest absolute Gasteiger partial charge is 0.454 e. The second kappa shape index (κ2) is 6.35. The summed E-state index contributed by atoms with van der Waals surface area (Å²) in [5.74, 6) is 1.93. The minimum atomic E-state index is 0.118. The normalized spacial score (nSPS) is 20.3. The van der Waals surface area contributed by atoms with Gasteiger partial charge in [-0.1, -0.05) is 6.07 Å². The van der Waals surface area contributed by atoms with Gasteiger partial charge in [0.15, 0.2) is 11.5 Å². The molecule has 0 bridgehead atoms. The molecule has 1 N–H and O–H groups in total. The molecule has 5 heteroatoms. The molecule has 2 heterocycles. The highest BCUT2D eigenvalue weighted by Crippen LogP contribution is 2.32. The van der Waals surface area contributed by atoms with E-state index in [1.165, 1.54) is 0 Å². The van der Waals surface area contributed by atoms with Gasteiger partial charge in [0.05, 0.1) is 5.92 Å². The third-order valence-electron chi connectivity index (χ3n) is 4.15. The predicted octanol–water partition coefficient (Wildman–Crippen LogP) is 1.76. The highest BCUT2D eigenvalue weighted by molar-refractivity contribution is 5.79. The minimum Gasteiger partial charge on any atom is -0.454 e. The third kappa shape index (κ3) is 3.13. The standard InChI is InChI=1S/C16H22N2O3/c1-2-18(16(19)13-4-3-7-17-9-13)10-12-5-6-14-15(8-12)21-11-20-14/h5-6,8,13,17H,2-4,7,9-11H2,1H3/t13-/m1/s1. The number of benzene rings is 1. The van der Waals surface area contributed by atoms with E-state index >= 15 is 0 Å². The zero-order valence-corrected chi connectivity index (χ0v) is 12.4. The Hall–Kier alpha value is -1.75. The molecular weight excluding hydrogens is 268 g/mol. The topological polar surface area (TPSA) is 50.8 Å². The summed E-state index contributed by atoms with van der Waals surface area (Å²) in [6.07, 6.45) is 2.07. The fourth-order valence-corrected chi connectivity index (χ4v) is 2.93. The average Bonchev–Trinajstić information content (AvgIpc) is 3.00. The smallest absolute Gasteiger partial charge is 0.231 e. The van der Waals surface area contributed by atoms with E-state index in [-0.39, 0.29) is 18.6 Å². The third-order valence-corrected chi connectivity index (χ3v) is 4.15. The number of hydrogen-bond donors (Lipinski definition) is 1. The van der Waals surface area contributed by atoms with Crippen LogP contribution < -0.4 is 14.8 Å². The minimum absolute atomic E-state index is 0.118. The lowest BCUT2D eigenvalue weighted by Crippen LogP contribution is -2.42. The van der Waals surface area contributed by atoms with Crippen molar-refractivity contribution in [1.29, 1.82) is 0 Å². The Labute approximate surface area is 125 Å². The molecule has 0 unspecified atom stereocenters. The van der Waals surface area contributed by atoms with Crippen LogP contribution >= 0.6 is 0 Å². The Morgan fingerprint density at radius 1 is 1.38 bits per heavy atom. The van der Waals surface area contributed by atoms with Crippen LogP contribution in [0.2, 0.25) is 0 Å². The molecule has 0 aromatic heterocycles. The van der Waals surface area contributed by atoms with Crippen LogP contribution in [0.4, 0.5) is 0 Å². The van der Waals surface area contributed by atoms with Gasteiger partial charge in [-0.15, -0.1) is 0 Å². The molecule has 1 atom stereocenters. The molecule has 1 aromatic carbocycles. The van der Waals surface area contributed by atoms with Crippen molar-refractivity contribution in [3.63, 3.8) is 0 Å². The van der Waals surface area contributed by atoms with E-state index in [2.05, 4.69) is 5.32 Å². The first-order valence-electron chi connectivity index (χ1n) is 7.66. The van der Waals surface area contributed by atoms with Crippen LogP contribution in [0.5, 0.6) is 11.5 Å². The second-order valence-electron chi connectivity index (χ2n) is 5.58. The monoisotopic (exact) mass is 290 g/mol. The van der Waals surface area contributed by atoms with E-state index < -0.39 is 0 Å². The van der Waals surface area contributed by atoms with Crippen LogP contribution in [0, 0.1) is 5.92 Å². The lowest BCUT2D eigenvalue weighted by atomic mass is 9.98. The number of rotatable bonds is 4. The first kappa shape index (κ1) is 14.2. The Kier molecular flexibility index (Phi) is 4.29. The maximum absolute atomic E-state index is 12.6. The molecule has 1 fully saturated rings. The van der Waals surface area contributed by atoms with Crippen molar-refractivity contribution in [2.24, 2.45) is 5.92 Å². The van der Waals surface area contributed by atoms with Gasteiger partial charge in [0.25, 0.3) is 0 Å². The highest BCUT2D eigenvalue weighted by atomic mass is 16.7. The van der Waals surface area contributed by atoms with Crippen LogP contribution in [0.3, 0.4) is 0 Å². The Balaban J connectivity index is 1.67. The van der Waals surface area contributed by atoms with Crippen molar-refractivity contribution in [1.82, 2.24) is 10.2 Å². The Morgan fingerprint density at radius 2 is 2.24 bits per heavy atom. The van der Waals surface area contributed by atoms with Gasteiger partial charge in [-0.25, -0.2) is 0 Å². The fourth-order valence-electron chi connectivity index (χ4n) is 2.93. The molecule has 1 aromatic rings. The van der Waals surface area contributed by atoms with Crippen molar-refractivity contribution < 1.29 is 14.3 Å². The summed E-state index contributed by atoms with van der Waals surface area (Å²) in [6.45, 7) is 5.49. The molecule has 0 spiro atoms. The zero-order valence-electron chi connectivity index (χ0n) is 12.4. The summed E-state index contributed by atoms with van der Waals surface area (Å²) >= 11 is 0. The number of carbonyl (C=O) groups is 1. The van der Waals surface area contributed by atoms with Crippen molar-refractivity contribution in [3.05, 3.63) is 23.8 Å². The van der Waals surface area contributed by atoms with Gasteiger partial charge in [-0.3, -0.25) is 4.79 Å². The molecule has 1 amide bonds. The molecule has 21 heavy (non-hydrogen) atoms. The summed E-state index contributed by atoms with van der Waals surface area (Å²) in [5.41, 5.74) is 1.08. The molecule has 0 aliphatic carbocycles. The van der Waals surface area contributed by atoms with Crippen LogP contribution in [0.1, 0.15) is 25.3 Å². The fraction of sp³-hybridized carbons (Fsp3) is 0.562. The number of carbonyl (C=O) groups excluding carboxylic acids is 1. The van der Waals surface area contributed by atoms with Gasteiger partial charge in [-0.05, 0) is 44.0 Å². The number of nitrogens with zero attached hydrogens (tertiary/aromatic N) is 1. The number of ether oxygens (including phenoxy) is 2. The predicted molar refractivity (Wildman–Crippen MR) is 79.2 cm³/mol. The van der Waals surface area contributed by atoms with Crippen molar-refractivity contribution in [3.8, 4) is 11.5 Å². The van der Waals surface area contributed by atoms with Crippen LogP contribution in [-0.2, 0) is 11.3 Å². The van der Waals surface area contributed by atoms with E-state index in [9.17, 15) is 4.79 Å². The van der Waals surface area contributed by atoms with E-state index in [0.29, 0.717) is 6.54 Å². The quantitative estimate of drug-likeness (QED) is 0.918. The van der Waals surface area contributed by atoms with E-state index in [1.807, 2.05) is 30.0 Å². The summed E-state index contributed by atoms with van der Waals surface area (Å²) in [5, 5.41) is 3.31. The molecule has 114 valence electrons. The molecular formula is C16H22N2O3. The molecule has 0 saturated carbocycles. The molecule has 5 nitrogen and oxygen atoms in total. The van der Waals surface area contributed by atoms with Crippen molar-refractivity contribution in [2.45, 2.75) is 26.3 Å². The maximum Gasteiger partial charge on any atom is 0.231 e. The Morgan fingerprint density at radius 3 is 3.00 bits per heavy atom. The second-order valence-corrected chi connectivity index (χ2v) is 5.58. The highest BCUT2D eigenvalue weighted by Gasteiger charge is 2.25. The molecule has 1 saturated heterocycles. The number of amides is 1. The average molecular weight is 290 g/mol. The number of nitrogens with one attached hydrogen (secondary N) is 1. The molecule has 0 radical (unpaired) electrons. The number of hydrogen-bond acceptors (Lipinski definition) is 4. The van der Waals surface area contributed by atoms with Crippen LogP contribution in [0.25, 0.3) is 0 Å². The number of fused-ring (bicyclic) bond motifs is 1. The number of piperidine rings is 1. The maximum atomic E-state index is 12.6. The summed E-state index contributed by atoms with van der Waals surface area (Å²) < 4.78 is 10.7. The Bertz CT molecular complexity index is 512. The summed E-state index contributed by atoms with van der Waals surface area (Å²) in [6, 6.07) is 5.89. The molecule has 3 rings (SSSR count). The summed E-state index contributed by atoms with van der Waals surface area (Å²) in [4.78, 5) is 14.5. The van der Waals surface area contributed by atoms with Gasteiger partial charge in [0.1, 0.15) is 0 Å². The summed E-state index contributed by atoms with van der Waals surface area (Å²) in [7, 11) is 0. The zero-order chi connectivity index (χ0) is 14.7. The van der Waals surface area contributed by atoms with Crippen LogP contribution in [0.15, 0.2) is 18.2 Å². The molecule has 2 aliphatic heterocycles. The van der Waals surface area contributed by atoms with Gasteiger partial charge in [0.2, 0.25) is 12.7 Å². The lowest BCUT2D eigenvalue weighted by Gasteiger charge is -2.29. The van der Waals surface area contributed by atoms with Gasteiger partial charge < -0.3 is 19.7 Å².